The van der Waals surface area contributed by atoms with Gasteiger partial charge >= 0.3 is 5.97 Å². The summed E-state index contributed by atoms with van der Waals surface area (Å²) in [5, 5.41) is 27.8. The molecule has 8 heteroatoms. The van der Waals surface area contributed by atoms with E-state index in [2.05, 4.69) is 16.3 Å². The average Bonchev–Trinajstić information content (AvgIpc) is 3.33. The fraction of sp³-hybridized carbons (Fsp3) is 0.346. The van der Waals surface area contributed by atoms with Crippen LogP contribution in [0.2, 0.25) is 0 Å². The van der Waals surface area contributed by atoms with Gasteiger partial charge in [-0.05, 0) is 67.1 Å². The summed E-state index contributed by atoms with van der Waals surface area (Å²) in [4.78, 5) is 11.5. The summed E-state index contributed by atoms with van der Waals surface area (Å²) >= 11 is 0. The molecule has 6 nitrogen and oxygen atoms in total. The number of hydrogen-bond acceptors (Lipinski definition) is 3. The fourth-order valence-electron chi connectivity index (χ4n) is 5.25. The molecule has 1 saturated carbocycles. The Hall–Kier alpha value is -3.73. The Morgan fingerprint density at radius 1 is 1.35 bits per heavy atom. The number of benzene rings is 2. The van der Waals surface area contributed by atoms with Crippen molar-refractivity contribution in [1.29, 1.82) is 5.26 Å². The minimum absolute atomic E-state index is 0.138. The molecule has 1 aliphatic carbocycles. The largest absolute Gasteiger partial charge is 0.479 e. The van der Waals surface area contributed by atoms with Crippen LogP contribution < -0.4 is 0 Å². The predicted octanol–water partition coefficient (Wildman–Crippen LogP) is 5.82. The average molecular weight is 463 g/mol. The van der Waals surface area contributed by atoms with Gasteiger partial charge in [0.25, 0.3) is 0 Å². The predicted molar refractivity (Wildman–Crippen MR) is 124 cm³/mol. The van der Waals surface area contributed by atoms with Crippen LogP contribution in [0.15, 0.2) is 36.5 Å². The van der Waals surface area contributed by atoms with E-state index in [0.29, 0.717) is 5.56 Å². The Morgan fingerprint density at radius 3 is 2.74 bits per heavy atom. The lowest BCUT2D eigenvalue weighted by molar-refractivity contribution is -0.158. The van der Waals surface area contributed by atoms with Crippen molar-refractivity contribution in [2.75, 3.05) is 0 Å². The number of alkyl halides is 1. The van der Waals surface area contributed by atoms with Crippen molar-refractivity contribution in [2.24, 2.45) is 0 Å². The van der Waals surface area contributed by atoms with E-state index in [-0.39, 0.29) is 31.0 Å². The van der Waals surface area contributed by atoms with Crippen LogP contribution in [0.3, 0.4) is 0 Å². The molecule has 2 N–H and O–H groups in total. The lowest BCUT2D eigenvalue weighted by Crippen LogP contribution is -2.46. The number of nitriles is 1. The smallest absolute Gasteiger partial charge is 0.341 e. The monoisotopic (exact) mass is 462 g/mol. The molecule has 2 heterocycles. The molecule has 0 unspecified atom stereocenters. The molecule has 0 radical (unpaired) electrons. The first-order chi connectivity index (χ1) is 16.1. The molecular weight excluding hydrogens is 438 g/mol. The molecule has 1 fully saturated rings. The van der Waals surface area contributed by atoms with Crippen molar-refractivity contribution in [3.05, 3.63) is 59.2 Å². The summed E-state index contributed by atoms with van der Waals surface area (Å²) in [6.45, 7) is 5.59. The minimum Gasteiger partial charge on any atom is -0.479 e. The van der Waals surface area contributed by atoms with Gasteiger partial charge in [-0.15, -0.1) is 0 Å². The number of nitrogens with one attached hydrogen (secondary N) is 1. The number of rotatable bonds is 5. The molecule has 0 saturated heterocycles. The number of H-pyrrole nitrogens is 1. The van der Waals surface area contributed by atoms with E-state index < -0.39 is 17.1 Å². The SMILES string of the molecule is Cc1cc(-n2c(C(C)(C)CC#N)c([C@H]3C[C@](F)(C(=O)O)C3)c3cc4[nH]ncc4cc32)ccc1F. The highest BCUT2D eigenvalue weighted by Gasteiger charge is 2.53. The summed E-state index contributed by atoms with van der Waals surface area (Å²) in [6, 6.07) is 11.0. The third-order valence-corrected chi connectivity index (χ3v) is 7.06. The first kappa shape index (κ1) is 22.1. The van der Waals surface area contributed by atoms with Crippen LogP contribution in [-0.2, 0) is 10.2 Å². The van der Waals surface area contributed by atoms with Crippen LogP contribution in [0.4, 0.5) is 8.78 Å². The van der Waals surface area contributed by atoms with Gasteiger partial charge in [0.1, 0.15) is 5.82 Å². The third kappa shape index (κ3) is 3.18. The molecule has 0 aliphatic heterocycles. The molecule has 1 aliphatic rings. The summed E-state index contributed by atoms with van der Waals surface area (Å²) < 4.78 is 31.0. The Labute approximate surface area is 194 Å². The Morgan fingerprint density at radius 2 is 2.09 bits per heavy atom. The van der Waals surface area contributed by atoms with E-state index in [1.807, 2.05) is 30.5 Å². The van der Waals surface area contributed by atoms with E-state index in [4.69, 9.17) is 0 Å². The highest BCUT2D eigenvalue weighted by atomic mass is 19.1. The van der Waals surface area contributed by atoms with Gasteiger partial charge in [-0.2, -0.15) is 10.4 Å². The quantitative estimate of drug-likeness (QED) is 0.391. The zero-order valence-corrected chi connectivity index (χ0v) is 19.1. The molecule has 0 bridgehead atoms. The number of aromatic nitrogens is 3. The van der Waals surface area contributed by atoms with Gasteiger partial charge in [0.05, 0.1) is 23.3 Å². The fourth-order valence-corrected chi connectivity index (χ4v) is 5.25. The molecule has 0 amide bonds. The number of fused-ring (bicyclic) bond motifs is 2. The highest BCUT2D eigenvalue weighted by molar-refractivity contribution is 5.99. The molecule has 2 aromatic heterocycles. The van der Waals surface area contributed by atoms with Crippen molar-refractivity contribution < 1.29 is 18.7 Å². The van der Waals surface area contributed by atoms with Gasteiger partial charge in [-0.25, -0.2) is 13.6 Å². The van der Waals surface area contributed by atoms with Gasteiger partial charge in [-0.3, -0.25) is 5.10 Å². The summed E-state index contributed by atoms with van der Waals surface area (Å²) in [7, 11) is 0. The Kier molecular flexibility index (Phi) is 4.80. The number of carboxylic acid groups (broad SMARTS) is 1. The number of aliphatic carboxylic acids is 1. The second-order valence-corrected chi connectivity index (χ2v) is 9.95. The van der Waals surface area contributed by atoms with Gasteiger partial charge in [-0.1, -0.05) is 13.8 Å². The van der Waals surface area contributed by atoms with Crippen LogP contribution in [0.1, 0.15) is 55.8 Å². The summed E-state index contributed by atoms with van der Waals surface area (Å²) in [6.07, 6.45) is 1.63. The summed E-state index contributed by atoms with van der Waals surface area (Å²) in [5.41, 5.74) is 1.57. The van der Waals surface area contributed by atoms with Crippen molar-refractivity contribution in [2.45, 2.75) is 57.0 Å². The van der Waals surface area contributed by atoms with Crippen LogP contribution in [0.5, 0.6) is 0 Å². The topological polar surface area (TPSA) is 94.7 Å². The number of halogens is 2. The van der Waals surface area contributed by atoms with Crippen LogP contribution >= 0.6 is 0 Å². The van der Waals surface area contributed by atoms with Crippen molar-refractivity contribution in [3.63, 3.8) is 0 Å². The van der Waals surface area contributed by atoms with Gasteiger partial charge in [0, 0.05) is 34.0 Å². The Bertz CT molecular complexity index is 1500. The zero-order valence-electron chi connectivity index (χ0n) is 19.1. The third-order valence-electron chi connectivity index (χ3n) is 7.06. The molecule has 0 atom stereocenters. The van der Waals surface area contributed by atoms with E-state index in [1.54, 1.807) is 25.3 Å². The molecule has 5 rings (SSSR count). The van der Waals surface area contributed by atoms with Crippen molar-refractivity contribution in [1.82, 2.24) is 14.8 Å². The van der Waals surface area contributed by atoms with Crippen LogP contribution in [0, 0.1) is 24.1 Å². The molecule has 0 spiro atoms. The van der Waals surface area contributed by atoms with Crippen molar-refractivity contribution in [3.8, 4) is 11.8 Å². The lowest BCUT2D eigenvalue weighted by Gasteiger charge is -2.40. The number of aromatic amines is 1. The van der Waals surface area contributed by atoms with E-state index in [0.717, 1.165) is 38.8 Å². The molecule has 2 aromatic carbocycles. The summed E-state index contributed by atoms with van der Waals surface area (Å²) in [5.74, 6) is -2.10. The second kappa shape index (κ2) is 7.39. The van der Waals surface area contributed by atoms with Gasteiger partial charge < -0.3 is 9.67 Å². The number of carbonyl (C=O) groups is 1. The maximum Gasteiger partial charge on any atom is 0.341 e. The number of carboxylic acids is 1. The molecule has 4 aromatic rings. The van der Waals surface area contributed by atoms with Gasteiger partial charge in [0.2, 0.25) is 5.67 Å². The molecular formula is C26H24F2N4O2. The first-order valence-corrected chi connectivity index (χ1v) is 11.1. The number of hydrogen-bond donors (Lipinski definition) is 2. The number of aryl methyl sites for hydroxylation is 1. The Balaban J connectivity index is 1.87. The maximum atomic E-state index is 14.9. The first-order valence-electron chi connectivity index (χ1n) is 11.1. The zero-order chi connectivity index (χ0) is 24.4. The normalized spacial score (nSPS) is 20.4. The molecule has 174 valence electrons. The maximum absolute atomic E-state index is 14.9. The van der Waals surface area contributed by atoms with Crippen LogP contribution in [0.25, 0.3) is 27.5 Å². The van der Waals surface area contributed by atoms with E-state index >= 15 is 0 Å². The van der Waals surface area contributed by atoms with E-state index in [1.165, 1.54) is 6.07 Å². The lowest BCUT2D eigenvalue weighted by atomic mass is 9.66. The van der Waals surface area contributed by atoms with Crippen LogP contribution in [-0.4, -0.2) is 31.5 Å². The standard InChI is InChI=1S/C26H24F2N4O2/c1-14-8-17(4-5-19(14)27)32-21-9-15-13-30-31-20(15)10-18(21)22(23(32)25(2,3)6-7-29)16-11-26(28,12-16)24(33)34/h4-5,8-10,13,16H,6,11-12H2,1-3H3,(H,30,31)(H,33,34)/t16-,26+. The van der Waals surface area contributed by atoms with Gasteiger partial charge in [0.15, 0.2) is 0 Å². The van der Waals surface area contributed by atoms with Crippen molar-refractivity contribution >= 4 is 27.8 Å². The second-order valence-electron chi connectivity index (χ2n) is 9.95. The molecule has 34 heavy (non-hydrogen) atoms. The van der Waals surface area contributed by atoms with E-state index in [9.17, 15) is 23.9 Å². The highest BCUT2D eigenvalue weighted by Crippen LogP contribution is 2.53. The number of nitrogens with zero attached hydrogens (tertiary/aromatic N) is 3. The minimum atomic E-state index is -2.26.